The van der Waals surface area contributed by atoms with Crippen LogP contribution < -0.4 is 38.5 Å². The molecule has 0 aliphatic heterocycles. The molecule has 0 aliphatic carbocycles. The zero-order valence-corrected chi connectivity index (χ0v) is 87.6. The number of carboxylic acids is 2. The first-order chi connectivity index (χ1) is 62.7. The fraction of sp³-hybridized carbons (Fsp3) is 0.0971. The molecule has 0 amide bonds. The van der Waals surface area contributed by atoms with E-state index in [1.807, 2.05) is 191 Å². The number of fused-ring (bicyclic) bond motifs is 6. The van der Waals surface area contributed by atoms with Gasteiger partial charge in [0, 0.05) is 62.9 Å². The Hall–Kier alpha value is -9.98. The van der Waals surface area contributed by atoms with E-state index in [4.69, 9.17) is 103 Å². The Morgan fingerprint density at radius 2 is 0.879 bits per heavy atom. The molecule has 0 radical (unpaired) electrons. The number of aromatic carboxylic acids is 2. The van der Waals surface area contributed by atoms with E-state index in [-0.39, 0.29) is 27.4 Å². The fourth-order valence-electron chi connectivity index (χ4n) is 13.1. The molecule has 0 bridgehead atoms. The highest BCUT2D eigenvalue weighted by Crippen LogP contribution is 2.39. The molecule has 0 unspecified atom stereocenters. The number of alkyl halides is 1. The quantitative estimate of drug-likeness (QED) is 0.0131. The third kappa shape index (κ3) is 28.6. The summed E-state index contributed by atoms with van der Waals surface area (Å²) in [5.41, 5.74) is 31.0. The maximum absolute atomic E-state index is 13.1. The lowest BCUT2D eigenvalue weighted by molar-refractivity contribution is 0.0687. The predicted molar refractivity (Wildman–Crippen MR) is 586 cm³/mol. The summed E-state index contributed by atoms with van der Waals surface area (Å²) < 4.78 is 6.34. The first-order valence-corrected chi connectivity index (χ1v) is 51.2. The summed E-state index contributed by atoms with van der Waals surface area (Å²) in [5, 5.41) is 46.6. The number of nitrogens with one attached hydrogen (secondary N) is 3. The van der Waals surface area contributed by atoms with Gasteiger partial charge in [-0.1, -0.05) is 257 Å². The van der Waals surface area contributed by atoms with Crippen LogP contribution >= 0.6 is 172 Å². The van der Waals surface area contributed by atoms with Crippen LogP contribution in [0.4, 0.5) is 22.7 Å². The molecule has 0 saturated heterocycles. The molecule has 0 spiro atoms. The molecule has 0 aliphatic rings. The van der Waals surface area contributed by atoms with Crippen LogP contribution in [0.5, 0.6) is 0 Å². The molecule has 672 valence electrons. The third-order valence-electron chi connectivity index (χ3n) is 19.4. The Kier molecular flexibility index (Phi) is 39.9. The second-order valence-electron chi connectivity index (χ2n) is 30.5. The number of nitrogens with zero attached hydrogens (tertiary/aromatic N) is 1. The highest BCUT2D eigenvalue weighted by Gasteiger charge is 2.21. The largest absolute Gasteiger partial charge is 0.488 e. The van der Waals surface area contributed by atoms with E-state index in [0.29, 0.717) is 91.0 Å². The minimum Gasteiger partial charge on any atom is -0.478 e. The van der Waals surface area contributed by atoms with Gasteiger partial charge in [0.2, 0.25) is 0 Å². The SMILES string of the molecule is C#CCn1c2cc(C)ccc2c(=O)c2ccc(Cl)c(-c3ccccc3)c21.C[Si](C)(C)C#CCBr.Cc1ccc(C(=O)O)c(N)c1.Cc1ccc(C(=O)O)c(Nc2cccc(Cl)c2Br)c1.Cc1ccc2c(=O)c3ccc(Cl)c(-c4ccccc4)c3[nH]c2c1.Cc1ccc2c(=O)c3ccc(Cl)c(Br)c3[nH]c2c1.Clc1cccc(I)c1Br.Nc1cccc(Cl)c1Br.OB(O)c1ccccc1. The van der Waals surface area contributed by atoms with Crippen LogP contribution in [0.15, 0.2) is 305 Å². The molecule has 0 saturated carbocycles. The number of nitrogens with two attached hydrogens (primary N) is 2. The number of anilines is 4. The van der Waals surface area contributed by atoms with E-state index in [1.165, 1.54) is 6.07 Å². The van der Waals surface area contributed by atoms with Crippen molar-refractivity contribution in [2.75, 3.05) is 22.1 Å². The van der Waals surface area contributed by atoms with Crippen molar-refractivity contribution in [1.29, 1.82) is 0 Å². The lowest BCUT2D eigenvalue weighted by Gasteiger charge is -2.18. The molecule has 132 heavy (non-hydrogen) atoms. The van der Waals surface area contributed by atoms with Crippen molar-refractivity contribution in [2.24, 2.45) is 0 Å². The van der Waals surface area contributed by atoms with E-state index >= 15 is 0 Å². The molecular formula is C103H85BBr5Cl6IN6O9Si. The topological polar surface area (TPSA) is 267 Å². The van der Waals surface area contributed by atoms with Crippen molar-refractivity contribution in [2.45, 2.75) is 60.8 Å². The lowest BCUT2D eigenvalue weighted by atomic mass is 9.81. The van der Waals surface area contributed by atoms with E-state index in [0.717, 1.165) is 116 Å². The first-order valence-electron chi connectivity index (χ1n) is 40.1. The van der Waals surface area contributed by atoms with Crippen molar-refractivity contribution in [3.63, 3.8) is 0 Å². The lowest BCUT2D eigenvalue weighted by Crippen LogP contribution is -2.29. The number of carbonyl (C=O) groups is 2. The van der Waals surface area contributed by atoms with Crippen LogP contribution in [0, 0.1) is 62.0 Å². The Morgan fingerprint density at radius 3 is 1.36 bits per heavy atom. The monoisotopic (exact) mass is 2320 g/mol. The van der Waals surface area contributed by atoms with Crippen molar-refractivity contribution in [3.8, 4) is 46.1 Å². The molecule has 17 rings (SSSR count). The summed E-state index contributed by atoms with van der Waals surface area (Å²) in [6, 6.07) is 83.0. The number of aryl methyl sites for hydroxylation is 5. The predicted octanol–water partition coefficient (Wildman–Crippen LogP) is 29.3. The fourth-order valence-corrected chi connectivity index (χ4v) is 17.3. The van der Waals surface area contributed by atoms with Gasteiger partial charge < -0.3 is 51.6 Å². The summed E-state index contributed by atoms with van der Waals surface area (Å²) in [7, 11) is -2.41. The number of aromatic nitrogens is 3. The molecule has 15 nitrogen and oxygen atoms in total. The van der Waals surface area contributed by atoms with Crippen LogP contribution in [0.3, 0.4) is 0 Å². The number of rotatable bonds is 8. The van der Waals surface area contributed by atoms with Crippen LogP contribution in [-0.4, -0.2) is 67.3 Å². The van der Waals surface area contributed by atoms with Gasteiger partial charge in [0.1, 0.15) is 8.07 Å². The first kappa shape index (κ1) is 106. The number of hydrogen-bond donors (Lipinski definition) is 9. The second-order valence-corrected chi connectivity index (χ2v) is 42.5. The maximum atomic E-state index is 13.1. The molecule has 29 heteroatoms. The van der Waals surface area contributed by atoms with Crippen LogP contribution in [0.2, 0.25) is 49.8 Å². The number of carboxylic acid groups (broad SMARTS) is 2. The number of H-pyrrole nitrogens is 2. The Labute approximate surface area is 851 Å². The summed E-state index contributed by atoms with van der Waals surface area (Å²) in [4.78, 5) is 66.7. The minimum atomic E-state index is -1.34. The Bertz CT molecular complexity index is 7320. The van der Waals surface area contributed by atoms with Crippen LogP contribution in [0.1, 0.15) is 48.5 Å². The molecule has 11 N–H and O–H groups in total. The average Bonchev–Trinajstić information content (AvgIpc) is 0.735. The van der Waals surface area contributed by atoms with Gasteiger partial charge in [0.05, 0.1) is 111 Å². The van der Waals surface area contributed by atoms with E-state index in [1.54, 1.807) is 115 Å². The number of nitrogen functional groups attached to an aromatic ring is 2. The van der Waals surface area contributed by atoms with Gasteiger partial charge in [-0.15, -0.1) is 12.0 Å². The van der Waals surface area contributed by atoms with Gasteiger partial charge in [-0.3, -0.25) is 14.4 Å². The second kappa shape index (κ2) is 49.8. The van der Waals surface area contributed by atoms with Crippen molar-refractivity contribution < 1.29 is 29.9 Å². The number of halogens is 12. The van der Waals surface area contributed by atoms with Gasteiger partial charge in [0.15, 0.2) is 16.3 Å². The Balaban J connectivity index is 0.000000172. The third-order valence-corrected chi connectivity index (χ3v) is 28.4. The molecule has 17 aromatic rings. The van der Waals surface area contributed by atoms with Gasteiger partial charge in [-0.25, -0.2) is 9.59 Å². The number of hydrogen-bond acceptors (Lipinski definition) is 10. The standard InChI is InChI=1S/C23H16ClNO.C20H14ClNO.C14H11BrClNO2.C14H9BrClNO.C8H9NO2.C6H7BO2.C6H3BrClI.C6H5BrClN.C6H11BrSi/c1-3-13-25-20-14-15(2)9-10-17(20)23(26)18-11-12-19(24)21(22(18)25)16-7-5-4-6-8-16;1-12-7-8-14-17(11-12)22-19-15(20(14)23)9-10-16(21)18(19)13-5-3-2-4-6-13;1-8-5-6-9(14(18)19)12(7-8)17-11-4-2-3-10(16)13(11)15;1-7-2-3-8-11(6-7)17-13-9(14(8)18)4-5-10(16)12(13)15;1-5-2-3-6(8(10)11)7(9)4-5;8-7(9)6-4-2-1-3-5-6;2*7-6-4(8)2-1-3-5(6)9;1-8(2,3)6-4-5-7/h1,4-12,14H,13H2,2H3;2-11H,1H3,(H,22,23);2-7,17H,1H3,(H,18,19);2-6H,1H3,(H,17,18);2-4H,9H2,1H3,(H,10,11);1-5,8-9H;1-3H;1-3H,9H2;5H2,1-3H3. The van der Waals surface area contributed by atoms with E-state index < -0.39 is 27.1 Å². The summed E-state index contributed by atoms with van der Waals surface area (Å²) >= 11 is 55.4. The molecule has 0 atom stereocenters. The summed E-state index contributed by atoms with van der Waals surface area (Å²) in [5.74, 6) is 3.78. The number of benzene rings is 14. The zero-order valence-electron chi connectivity index (χ0n) is 72.0. The molecule has 0 fully saturated rings. The molecule has 3 heterocycles. The highest BCUT2D eigenvalue weighted by molar-refractivity contribution is 14.1. The normalized spacial score (nSPS) is 10.5. The maximum Gasteiger partial charge on any atom is 0.488 e. The summed E-state index contributed by atoms with van der Waals surface area (Å²) in [6.45, 7) is 16.9. The van der Waals surface area contributed by atoms with Crippen molar-refractivity contribution >= 4 is 293 Å². The average molecular weight is 2330 g/mol. The van der Waals surface area contributed by atoms with Gasteiger partial charge in [-0.2, -0.15) is 0 Å². The highest BCUT2D eigenvalue weighted by atomic mass is 127. The zero-order chi connectivity index (χ0) is 96.5. The van der Waals surface area contributed by atoms with E-state index in [2.05, 4.69) is 155 Å². The van der Waals surface area contributed by atoms with Gasteiger partial charge >= 0.3 is 19.1 Å². The Morgan fingerprint density at radius 1 is 0.455 bits per heavy atom. The molecular weight excluding hydrogens is 2240 g/mol. The smallest absolute Gasteiger partial charge is 0.478 e. The van der Waals surface area contributed by atoms with Gasteiger partial charge in [-0.05, 0) is 299 Å². The number of pyridine rings is 3. The van der Waals surface area contributed by atoms with E-state index in [9.17, 15) is 29.1 Å². The number of aromatic amines is 2. The number of terminal acetylenes is 1. The minimum absolute atomic E-state index is 0.00267. The molecule has 14 aromatic carbocycles. The molecule has 3 aromatic heterocycles. The van der Waals surface area contributed by atoms with Crippen LogP contribution in [-0.2, 0) is 6.54 Å². The van der Waals surface area contributed by atoms with Gasteiger partial charge in [0.25, 0.3) is 0 Å². The summed E-state index contributed by atoms with van der Waals surface area (Å²) in [6.07, 6.45) is 5.66. The van der Waals surface area contributed by atoms with Crippen molar-refractivity contribution in [3.05, 3.63) is 394 Å². The van der Waals surface area contributed by atoms with Crippen LogP contribution in [0.25, 0.3) is 87.7 Å². The van der Waals surface area contributed by atoms with Crippen molar-refractivity contribution in [1.82, 2.24) is 14.5 Å².